The Hall–Kier alpha value is -3.40. The Bertz CT molecular complexity index is 1380. The summed E-state index contributed by atoms with van der Waals surface area (Å²) in [6.07, 6.45) is 2.91. The molecule has 4 heterocycles. The molecular weight excluding hydrogens is 456 g/mol. The van der Waals surface area contributed by atoms with Crippen LogP contribution in [0.15, 0.2) is 39.2 Å². The van der Waals surface area contributed by atoms with Gasteiger partial charge in [0.15, 0.2) is 0 Å². The molecule has 178 valence electrons. The number of anilines is 1. The smallest absolute Gasteiger partial charge is 0.332 e. The summed E-state index contributed by atoms with van der Waals surface area (Å²) >= 11 is 1.20. The summed E-state index contributed by atoms with van der Waals surface area (Å²) < 4.78 is 8.32. The van der Waals surface area contributed by atoms with Crippen molar-refractivity contribution in [3.8, 4) is 5.75 Å². The van der Waals surface area contributed by atoms with Crippen molar-refractivity contribution in [3.63, 3.8) is 0 Å². The fraction of sp³-hybridized carbons (Fsp3) is 0.417. The summed E-state index contributed by atoms with van der Waals surface area (Å²) in [6.45, 7) is 3.37. The van der Waals surface area contributed by atoms with E-state index in [0.29, 0.717) is 47.9 Å². The highest BCUT2D eigenvalue weighted by atomic mass is 32.1. The molecule has 3 aromatic rings. The van der Waals surface area contributed by atoms with Crippen LogP contribution in [0.4, 0.5) is 5.69 Å². The number of rotatable bonds is 4. The van der Waals surface area contributed by atoms with E-state index in [1.165, 1.54) is 15.9 Å². The van der Waals surface area contributed by atoms with Crippen molar-refractivity contribution < 1.29 is 14.3 Å². The van der Waals surface area contributed by atoms with Gasteiger partial charge in [-0.1, -0.05) is 6.07 Å². The van der Waals surface area contributed by atoms with Crippen molar-refractivity contribution in [2.24, 2.45) is 0 Å². The maximum atomic E-state index is 13.4. The topological polar surface area (TPSA) is 93.9 Å². The van der Waals surface area contributed by atoms with Gasteiger partial charge in [-0.25, -0.2) is 9.36 Å². The van der Waals surface area contributed by atoms with E-state index in [0.717, 1.165) is 29.4 Å². The first-order chi connectivity index (χ1) is 16.4. The number of fused-ring (bicyclic) bond motifs is 2. The number of piperidine rings is 1. The lowest BCUT2D eigenvalue weighted by Crippen LogP contribution is -2.47. The van der Waals surface area contributed by atoms with Crippen LogP contribution in [-0.4, -0.2) is 52.1 Å². The third-order valence-corrected chi connectivity index (χ3v) is 7.30. The van der Waals surface area contributed by atoms with Crippen LogP contribution >= 0.6 is 11.3 Å². The number of aryl methyl sites for hydroxylation is 1. The van der Waals surface area contributed by atoms with Gasteiger partial charge in [-0.15, -0.1) is 11.3 Å². The maximum absolute atomic E-state index is 13.4. The largest absolute Gasteiger partial charge is 0.490 e. The van der Waals surface area contributed by atoms with Crippen molar-refractivity contribution in [2.75, 3.05) is 31.1 Å². The Labute approximate surface area is 199 Å². The number of nitrogens with zero attached hydrogens (tertiary/aromatic N) is 4. The summed E-state index contributed by atoms with van der Waals surface area (Å²) in [6, 6.07) is 7.30. The van der Waals surface area contributed by atoms with E-state index in [-0.39, 0.29) is 24.9 Å². The van der Waals surface area contributed by atoms with E-state index in [1.54, 1.807) is 21.2 Å². The first-order valence-corrected chi connectivity index (χ1v) is 12.3. The fourth-order valence-electron chi connectivity index (χ4n) is 4.61. The summed E-state index contributed by atoms with van der Waals surface area (Å²) in [4.78, 5) is 56.0. The van der Waals surface area contributed by atoms with Gasteiger partial charge in [0.2, 0.25) is 11.8 Å². The Kier molecular flexibility index (Phi) is 5.99. The zero-order valence-electron chi connectivity index (χ0n) is 19.0. The number of ether oxygens (including phenoxy) is 1. The molecule has 0 bridgehead atoms. The number of hydrogen-bond donors (Lipinski definition) is 0. The van der Waals surface area contributed by atoms with Crippen LogP contribution in [0.2, 0.25) is 0 Å². The second-order valence-corrected chi connectivity index (χ2v) is 9.62. The van der Waals surface area contributed by atoms with Gasteiger partial charge in [-0.2, -0.15) is 0 Å². The molecule has 0 aliphatic carbocycles. The number of likely N-dealkylation sites (tertiary alicyclic amines) is 1. The van der Waals surface area contributed by atoms with Crippen molar-refractivity contribution in [2.45, 2.75) is 39.3 Å². The van der Waals surface area contributed by atoms with Gasteiger partial charge in [0, 0.05) is 13.1 Å². The predicted molar refractivity (Wildman–Crippen MR) is 130 cm³/mol. The minimum absolute atomic E-state index is 0.238. The van der Waals surface area contributed by atoms with E-state index in [9.17, 15) is 19.2 Å². The average molecular weight is 483 g/mol. The van der Waals surface area contributed by atoms with Gasteiger partial charge in [-0.3, -0.25) is 19.0 Å². The zero-order chi connectivity index (χ0) is 23.8. The minimum atomic E-state index is -0.646. The second-order valence-electron chi connectivity index (χ2n) is 8.70. The van der Waals surface area contributed by atoms with E-state index in [2.05, 4.69) is 0 Å². The normalized spacial score (nSPS) is 15.8. The highest BCUT2D eigenvalue weighted by Gasteiger charge is 2.26. The fourth-order valence-corrected chi connectivity index (χ4v) is 5.45. The maximum Gasteiger partial charge on any atom is 0.332 e. The van der Waals surface area contributed by atoms with Crippen LogP contribution in [-0.2, 0) is 22.7 Å². The molecule has 9 nitrogen and oxygen atoms in total. The molecule has 2 aromatic heterocycles. The van der Waals surface area contributed by atoms with Crippen molar-refractivity contribution >= 4 is 39.1 Å². The number of hydrogen-bond acceptors (Lipinski definition) is 6. The third kappa shape index (κ3) is 4.02. The highest BCUT2D eigenvalue weighted by Crippen LogP contribution is 2.32. The monoisotopic (exact) mass is 482 g/mol. The van der Waals surface area contributed by atoms with Gasteiger partial charge in [0.05, 0.1) is 17.7 Å². The summed E-state index contributed by atoms with van der Waals surface area (Å²) in [5.74, 6) is 0.0953. The minimum Gasteiger partial charge on any atom is -0.490 e. The van der Waals surface area contributed by atoms with Gasteiger partial charge in [0.25, 0.3) is 5.56 Å². The van der Waals surface area contributed by atoms with E-state index < -0.39 is 11.2 Å². The van der Waals surface area contributed by atoms with Gasteiger partial charge < -0.3 is 14.5 Å². The molecule has 1 aromatic carbocycles. The van der Waals surface area contributed by atoms with Gasteiger partial charge >= 0.3 is 5.69 Å². The molecule has 34 heavy (non-hydrogen) atoms. The molecule has 1 fully saturated rings. The van der Waals surface area contributed by atoms with Gasteiger partial charge in [-0.05, 0) is 55.3 Å². The molecule has 5 rings (SSSR count). The zero-order valence-corrected chi connectivity index (χ0v) is 19.8. The summed E-state index contributed by atoms with van der Waals surface area (Å²) in [7, 11) is 0. The molecule has 2 aliphatic rings. The molecular formula is C24H26N4O5S. The number of carbonyl (C=O) groups excluding carboxylic acids is 2. The number of amides is 2. The molecule has 0 unspecified atom stereocenters. The molecule has 2 amide bonds. The lowest BCUT2D eigenvalue weighted by molar-refractivity contribution is -0.132. The first kappa shape index (κ1) is 22.4. The summed E-state index contributed by atoms with van der Waals surface area (Å²) in [5.41, 5.74) is 0.931. The predicted octanol–water partition coefficient (Wildman–Crippen LogP) is 1.97. The summed E-state index contributed by atoms with van der Waals surface area (Å²) in [5, 5.41) is 1.72. The molecule has 0 atom stereocenters. The lowest BCUT2D eigenvalue weighted by Gasteiger charge is -2.30. The molecule has 1 saturated heterocycles. The van der Waals surface area contributed by atoms with E-state index >= 15 is 0 Å². The van der Waals surface area contributed by atoms with Crippen molar-refractivity contribution in [3.05, 3.63) is 56.0 Å². The van der Waals surface area contributed by atoms with Gasteiger partial charge in [0.1, 0.15) is 30.1 Å². The van der Waals surface area contributed by atoms with Crippen LogP contribution in [0, 0.1) is 6.92 Å². The van der Waals surface area contributed by atoms with Crippen LogP contribution in [0.1, 0.15) is 24.8 Å². The standard InChI is InChI=1S/C24H26N4O5S/c1-16-5-6-19-18(13-16)26(10-11-33-19)21(30)15-27-17-7-12-34-22(17)23(31)28(24(27)32)14-20(29)25-8-3-2-4-9-25/h5-7,12-13H,2-4,8-11,14-15H2,1H3. The number of thiophene rings is 1. The Balaban J connectivity index is 1.49. The Morgan fingerprint density at radius 1 is 0.971 bits per heavy atom. The Morgan fingerprint density at radius 2 is 1.74 bits per heavy atom. The quantitative estimate of drug-likeness (QED) is 0.567. The van der Waals surface area contributed by atoms with E-state index in [1.807, 2.05) is 25.1 Å². The van der Waals surface area contributed by atoms with Crippen LogP contribution in [0.25, 0.3) is 10.2 Å². The van der Waals surface area contributed by atoms with Crippen molar-refractivity contribution in [1.29, 1.82) is 0 Å². The number of benzene rings is 1. The second kappa shape index (κ2) is 9.09. The molecule has 0 saturated carbocycles. The van der Waals surface area contributed by atoms with Crippen molar-refractivity contribution in [1.82, 2.24) is 14.0 Å². The highest BCUT2D eigenvalue weighted by molar-refractivity contribution is 7.17. The number of aromatic nitrogens is 2. The third-order valence-electron chi connectivity index (χ3n) is 6.41. The lowest BCUT2D eigenvalue weighted by atomic mass is 10.1. The van der Waals surface area contributed by atoms with E-state index in [4.69, 9.17) is 4.74 Å². The molecule has 0 radical (unpaired) electrons. The number of carbonyl (C=O) groups is 2. The Morgan fingerprint density at radius 3 is 2.53 bits per heavy atom. The molecule has 0 N–H and O–H groups in total. The van der Waals surface area contributed by atoms with Crippen LogP contribution in [0.3, 0.4) is 0 Å². The SMILES string of the molecule is Cc1ccc2c(c1)N(C(=O)Cn1c(=O)n(CC(=O)N3CCCCC3)c(=O)c3sccc31)CCO2. The molecule has 0 spiro atoms. The first-order valence-electron chi connectivity index (χ1n) is 11.5. The van der Waals surface area contributed by atoms with Crippen LogP contribution in [0.5, 0.6) is 5.75 Å². The molecule has 2 aliphatic heterocycles. The molecule has 10 heteroatoms. The van der Waals surface area contributed by atoms with Crippen LogP contribution < -0.4 is 20.9 Å². The average Bonchev–Trinajstić information content (AvgIpc) is 3.34.